The van der Waals surface area contributed by atoms with E-state index in [-0.39, 0.29) is 0 Å². The van der Waals surface area contributed by atoms with Gasteiger partial charge in [-0.1, -0.05) is 51.9 Å². The first-order valence-electron chi connectivity index (χ1n) is 6.95. The highest BCUT2D eigenvalue weighted by molar-refractivity contribution is 4.65. The predicted octanol–water partition coefficient (Wildman–Crippen LogP) is 4.04. The molecule has 1 rings (SSSR count). The average Bonchev–Trinajstić information content (AvgIpc) is 2.75. The first-order chi connectivity index (χ1) is 7.43. The van der Waals surface area contributed by atoms with Crippen LogP contribution in [0.25, 0.3) is 0 Å². The first kappa shape index (κ1) is 13.0. The molecule has 0 N–H and O–H groups in total. The maximum atomic E-state index is 3.87. The second-order valence-electron chi connectivity index (χ2n) is 4.88. The lowest BCUT2D eigenvalue weighted by Crippen LogP contribution is -2.20. The Morgan fingerprint density at radius 3 is 1.87 bits per heavy atom. The molecule has 1 heteroatoms. The van der Waals surface area contributed by atoms with Crippen molar-refractivity contribution in [1.82, 2.24) is 4.90 Å². The minimum atomic E-state index is 1.12. The number of rotatable bonds is 9. The summed E-state index contributed by atoms with van der Waals surface area (Å²) >= 11 is 0. The summed E-state index contributed by atoms with van der Waals surface area (Å²) in [6, 6.07) is 0. The summed E-state index contributed by atoms with van der Waals surface area (Å²) in [5.41, 5.74) is 0. The average molecular weight is 210 g/mol. The summed E-state index contributed by atoms with van der Waals surface area (Å²) in [4.78, 5) is 2.63. The summed E-state index contributed by atoms with van der Waals surface area (Å²) in [6.45, 7) is 7.96. The van der Waals surface area contributed by atoms with Gasteiger partial charge in [-0.3, -0.25) is 0 Å². The lowest BCUT2D eigenvalue weighted by atomic mass is 10.1. The van der Waals surface area contributed by atoms with Crippen LogP contribution in [0.4, 0.5) is 0 Å². The van der Waals surface area contributed by atoms with E-state index in [1.165, 1.54) is 77.4 Å². The predicted molar refractivity (Wildman–Crippen MR) is 68.0 cm³/mol. The van der Waals surface area contributed by atoms with E-state index in [4.69, 9.17) is 0 Å². The van der Waals surface area contributed by atoms with Gasteiger partial charge in [-0.25, -0.2) is 0 Å². The van der Waals surface area contributed by atoms with Crippen molar-refractivity contribution in [3.63, 3.8) is 0 Å². The molecule has 1 aliphatic rings. The Balaban J connectivity index is 1.73. The van der Waals surface area contributed by atoms with Crippen LogP contribution >= 0.6 is 0 Å². The molecule has 89 valence electrons. The minimum Gasteiger partial charge on any atom is -0.303 e. The van der Waals surface area contributed by atoms with E-state index in [1.807, 2.05) is 0 Å². The van der Waals surface area contributed by atoms with Gasteiger partial charge in [-0.15, -0.1) is 0 Å². The molecule has 0 bridgehead atoms. The van der Waals surface area contributed by atoms with E-state index in [9.17, 15) is 0 Å². The van der Waals surface area contributed by atoms with Gasteiger partial charge in [0, 0.05) is 0 Å². The number of nitrogens with zero attached hydrogens (tertiary/aromatic N) is 1. The fraction of sp³-hybridized carbons (Fsp3) is 0.929. The summed E-state index contributed by atoms with van der Waals surface area (Å²) in [5.74, 6) is 0. The number of hydrogen-bond donors (Lipinski definition) is 0. The van der Waals surface area contributed by atoms with Gasteiger partial charge in [0.2, 0.25) is 0 Å². The summed E-state index contributed by atoms with van der Waals surface area (Å²) in [7, 11) is 0. The Labute approximate surface area is 96.2 Å². The van der Waals surface area contributed by atoms with Gasteiger partial charge in [0.15, 0.2) is 0 Å². The first-order valence-corrected chi connectivity index (χ1v) is 6.95. The third-order valence-electron chi connectivity index (χ3n) is 3.42. The molecule has 0 spiro atoms. The van der Waals surface area contributed by atoms with Crippen molar-refractivity contribution in [2.45, 2.75) is 64.2 Å². The van der Waals surface area contributed by atoms with Gasteiger partial charge in [0.1, 0.15) is 0 Å². The maximum Gasteiger partial charge on any atom is -0.00183 e. The molecule has 0 aromatic carbocycles. The minimum absolute atomic E-state index is 1.12. The zero-order chi connectivity index (χ0) is 10.8. The van der Waals surface area contributed by atoms with Crippen molar-refractivity contribution in [3.05, 3.63) is 6.92 Å². The fourth-order valence-corrected chi connectivity index (χ4v) is 2.40. The summed E-state index contributed by atoms with van der Waals surface area (Å²) < 4.78 is 0. The van der Waals surface area contributed by atoms with E-state index in [1.54, 1.807) is 0 Å². The van der Waals surface area contributed by atoms with Crippen LogP contribution in [0.1, 0.15) is 64.2 Å². The van der Waals surface area contributed by atoms with Crippen molar-refractivity contribution in [2.75, 3.05) is 19.6 Å². The molecule has 0 aromatic rings. The van der Waals surface area contributed by atoms with Crippen LogP contribution in [0.2, 0.25) is 0 Å². The molecule has 1 radical (unpaired) electrons. The highest BCUT2D eigenvalue weighted by Crippen LogP contribution is 2.11. The fourth-order valence-electron chi connectivity index (χ4n) is 2.40. The van der Waals surface area contributed by atoms with Gasteiger partial charge in [-0.2, -0.15) is 0 Å². The van der Waals surface area contributed by atoms with Crippen LogP contribution in [-0.4, -0.2) is 24.5 Å². The van der Waals surface area contributed by atoms with Gasteiger partial charge in [0.05, 0.1) is 0 Å². The van der Waals surface area contributed by atoms with Gasteiger partial charge < -0.3 is 4.90 Å². The third kappa shape index (κ3) is 6.94. The highest BCUT2D eigenvalue weighted by Gasteiger charge is 2.09. The maximum absolute atomic E-state index is 3.87. The van der Waals surface area contributed by atoms with Gasteiger partial charge in [0.25, 0.3) is 0 Å². The van der Waals surface area contributed by atoms with E-state index in [0.29, 0.717) is 0 Å². The largest absolute Gasteiger partial charge is 0.303 e. The molecule has 1 aliphatic heterocycles. The van der Waals surface area contributed by atoms with Crippen molar-refractivity contribution < 1.29 is 0 Å². The Morgan fingerprint density at radius 2 is 1.27 bits per heavy atom. The van der Waals surface area contributed by atoms with Crippen LogP contribution in [0, 0.1) is 6.92 Å². The van der Waals surface area contributed by atoms with E-state index < -0.39 is 0 Å². The van der Waals surface area contributed by atoms with Crippen LogP contribution in [0.3, 0.4) is 0 Å². The monoisotopic (exact) mass is 210 g/mol. The normalized spacial score (nSPS) is 17.4. The molecule has 0 unspecified atom stereocenters. The number of likely N-dealkylation sites (tertiary alicyclic amines) is 1. The van der Waals surface area contributed by atoms with E-state index >= 15 is 0 Å². The van der Waals surface area contributed by atoms with Crippen molar-refractivity contribution in [2.24, 2.45) is 0 Å². The number of unbranched alkanes of at least 4 members (excludes halogenated alkanes) is 7. The standard InChI is InChI=1S/C14H28N/c1-2-3-4-5-6-7-8-9-12-15-13-10-11-14-15/h1-14H2. The van der Waals surface area contributed by atoms with Crippen molar-refractivity contribution in [1.29, 1.82) is 0 Å². The second-order valence-corrected chi connectivity index (χ2v) is 4.88. The molecule has 1 heterocycles. The molecule has 1 nitrogen and oxygen atoms in total. The molecule has 1 saturated heterocycles. The molecular formula is C14H28N. The molecular weight excluding hydrogens is 182 g/mol. The smallest absolute Gasteiger partial charge is 0.00183 e. The molecule has 0 saturated carbocycles. The van der Waals surface area contributed by atoms with Crippen molar-refractivity contribution >= 4 is 0 Å². The van der Waals surface area contributed by atoms with Gasteiger partial charge >= 0.3 is 0 Å². The molecule has 0 atom stereocenters. The van der Waals surface area contributed by atoms with E-state index in [2.05, 4.69) is 11.8 Å². The van der Waals surface area contributed by atoms with Gasteiger partial charge in [-0.05, 0) is 38.9 Å². The molecule has 15 heavy (non-hydrogen) atoms. The topological polar surface area (TPSA) is 3.24 Å². The van der Waals surface area contributed by atoms with Crippen LogP contribution in [0.5, 0.6) is 0 Å². The zero-order valence-electron chi connectivity index (χ0n) is 10.3. The molecule has 1 fully saturated rings. The quantitative estimate of drug-likeness (QED) is 0.519. The van der Waals surface area contributed by atoms with Crippen LogP contribution < -0.4 is 0 Å². The Bertz CT molecular complexity index is 127. The molecule has 0 aliphatic carbocycles. The lowest BCUT2D eigenvalue weighted by molar-refractivity contribution is 0.327. The van der Waals surface area contributed by atoms with Crippen LogP contribution in [-0.2, 0) is 0 Å². The SMILES string of the molecule is [CH2]CCCCCCCCCN1CCCC1. The van der Waals surface area contributed by atoms with E-state index in [0.717, 1.165) is 6.42 Å². The summed E-state index contributed by atoms with van der Waals surface area (Å²) in [5, 5.41) is 0. The Morgan fingerprint density at radius 1 is 0.733 bits per heavy atom. The van der Waals surface area contributed by atoms with Crippen LogP contribution in [0.15, 0.2) is 0 Å². The van der Waals surface area contributed by atoms with Crippen molar-refractivity contribution in [3.8, 4) is 0 Å². The lowest BCUT2D eigenvalue weighted by Gasteiger charge is -2.13. The zero-order valence-corrected chi connectivity index (χ0v) is 10.3. The highest BCUT2D eigenvalue weighted by atomic mass is 15.1. The Kier molecular flexibility index (Phi) is 7.99. The molecule has 0 amide bonds. The Hall–Kier alpha value is -0.0400. The number of hydrogen-bond acceptors (Lipinski definition) is 1. The summed E-state index contributed by atoms with van der Waals surface area (Å²) in [6.07, 6.45) is 13.9. The third-order valence-corrected chi connectivity index (χ3v) is 3.42. The second kappa shape index (κ2) is 9.21. The molecule has 0 aromatic heterocycles.